The van der Waals surface area contributed by atoms with E-state index >= 15 is 0 Å². The van der Waals surface area contributed by atoms with Crippen LogP contribution in [0.2, 0.25) is 0 Å². The van der Waals surface area contributed by atoms with Crippen LogP contribution in [0.3, 0.4) is 0 Å². The molecule has 106 valence electrons. The SMILES string of the molecule is Cc1cc(C)cc(CCC(=O)NC(C)(CO)CO)c1. The largest absolute Gasteiger partial charge is 0.394 e. The average Bonchev–Trinajstić information content (AvgIpc) is 2.35. The number of benzene rings is 1. The molecule has 1 rings (SSSR count). The Kier molecular flexibility index (Phi) is 5.51. The third kappa shape index (κ3) is 5.01. The van der Waals surface area contributed by atoms with Crippen molar-refractivity contribution < 1.29 is 15.0 Å². The van der Waals surface area contributed by atoms with Crippen molar-refractivity contribution in [2.45, 2.75) is 39.2 Å². The molecule has 0 aliphatic carbocycles. The van der Waals surface area contributed by atoms with Crippen molar-refractivity contribution in [3.8, 4) is 0 Å². The van der Waals surface area contributed by atoms with Crippen LogP contribution in [0.15, 0.2) is 18.2 Å². The fraction of sp³-hybridized carbons (Fsp3) is 0.533. The summed E-state index contributed by atoms with van der Waals surface area (Å²) < 4.78 is 0. The summed E-state index contributed by atoms with van der Waals surface area (Å²) in [5.74, 6) is -0.162. The zero-order chi connectivity index (χ0) is 14.5. The number of carbonyl (C=O) groups excluding carboxylic acids is 1. The van der Waals surface area contributed by atoms with E-state index in [1.54, 1.807) is 6.92 Å². The van der Waals surface area contributed by atoms with Gasteiger partial charge in [0.1, 0.15) is 0 Å². The molecule has 0 aromatic heterocycles. The minimum atomic E-state index is -0.945. The number of hydrogen-bond donors (Lipinski definition) is 3. The van der Waals surface area contributed by atoms with Crippen LogP contribution in [0.5, 0.6) is 0 Å². The van der Waals surface area contributed by atoms with E-state index in [-0.39, 0.29) is 19.1 Å². The van der Waals surface area contributed by atoms with Gasteiger partial charge in [-0.2, -0.15) is 0 Å². The third-order valence-electron chi connectivity index (χ3n) is 3.06. The number of aryl methyl sites for hydroxylation is 3. The fourth-order valence-corrected chi connectivity index (χ4v) is 2.00. The lowest BCUT2D eigenvalue weighted by Crippen LogP contribution is -2.51. The summed E-state index contributed by atoms with van der Waals surface area (Å²) in [6, 6.07) is 6.23. The van der Waals surface area contributed by atoms with Crippen molar-refractivity contribution in [2.24, 2.45) is 0 Å². The van der Waals surface area contributed by atoms with Gasteiger partial charge in [-0.15, -0.1) is 0 Å². The fourth-order valence-electron chi connectivity index (χ4n) is 2.00. The van der Waals surface area contributed by atoms with Gasteiger partial charge >= 0.3 is 0 Å². The monoisotopic (exact) mass is 265 g/mol. The van der Waals surface area contributed by atoms with Gasteiger partial charge in [0.25, 0.3) is 0 Å². The quantitative estimate of drug-likeness (QED) is 0.721. The van der Waals surface area contributed by atoms with Gasteiger partial charge in [-0.25, -0.2) is 0 Å². The molecular formula is C15H23NO3. The van der Waals surface area contributed by atoms with Crippen molar-refractivity contribution in [1.82, 2.24) is 5.32 Å². The van der Waals surface area contributed by atoms with Crippen molar-refractivity contribution >= 4 is 5.91 Å². The van der Waals surface area contributed by atoms with E-state index in [0.717, 1.165) is 5.56 Å². The Morgan fingerprint density at radius 3 is 2.16 bits per heavy atom. The Morgan fingerprint density at radius 1 is 1.16 bits per heavy atom. The molecule has 1 aromatic rings. The lowest BCUT2D eigenvalue weighted by Gasteiger charge is -2.26. The summed E-state index contributed by atoms with van der Waals surface area (Å²) in [6.07, 6.45) is 1.000. The molecule has 0 aliphatic heterocycles. The second-order valence-corrected chi connectivity index (χ2v) is 5.42. The van der Waals surface area contributed by atoms with Crippen LogP contribution < -0.4 is 5.32 Å². The van der Waals surface area contributed by atoms with E-state index in [1.165, 1.54) is 11.1 Å². The van der Waals surface area contributed by atoms with Crippen LogP contribution >= 0.6 is 0 Å². The lowest BCUT2D eigenvalue weighted by atomic mass is 10.0. The topological polar surface area (TPSA) is 69.6 Å². The zero-order valence-corrected chi connectivity index (χ0v) is 11.9. The molecule has 1 aromatic carbocycles. The maximum Gasteiger partial charge on any atom is 0.220 e. The number of carbonyl (C=O) groups is 1. The molecule has 19 heavy (non-hydrogen) atoms. The standard InChI is InChI=1S/C15H23NO3/c1-11-6-12(2)8-13(7-11)4-5-14(19)16-15(3,9-17)10-18/h6-8,17-18H,4-5,9-10H2,1-3H3,(H,16,19). The average molecular weight is 265 g/mol. The van der Waals surface area contributed by atoms with Gasteiger partial charge in [0.05, 0.1) is 18.8 Å². The summed E-state index contributed by atoms with van der Waals surface area (Å²) in [6.45, 7) is 5.12. The maximum atomic E-state index is 11.8. The van der Waals surface area contributed by atoms with Crippen molar-refractivity contribution in [3.05, 3.63) is 34.9 Å². The van der Waals surface area contributed by atoms with Gasteiger partial charge in [0.2, 0.25) is 5.91 Å². The summed E-state index contributed by atoms with van der Waals surface area (Å²) in [4.78, 5) is 11.8. The summed E-state index contributed by atoms with van der Waals surface area (Å²) in [7, 11) is 0. The first-order chi connectivity index (χ1) is 8.88. The summed E-state index contributed by atoms with van der Waals surface area (Å²) in [5.41, 5.74) is 2.55. The minimum Gasteiger partial charge on any atom is -0.394 e. The predicted molar refractivity (Wildman–Crippen MR) is 75.0 cm³/mol. The zero-order valence-electron chi connectivity index (χ0n) is 11.9. The Labute approximate surface area is 114 Å². The second-order valence-electron chi connectivity index (χ2n) is 5.42. The molecule has 4 heteroatoms. The Morgan fingerprint density at radius 2 is 1.68 bits per heavy atom. The normalized spacial score (nSPS) is 11.4. The number of amides is 1. The number of aliphatic hydroxyl groups excluding tert-OH is 2. The van der Waals surface area contributed by atoms with Gasteiger partial charge in [-0.1, -0.05) is 29.3 Å². The van der Waals surface area contributed by atoms with Crippen LogP contribution in [0, 0.1) is 13.8 Å². The molecule has 0 saturated carbocycles. The third-order valence-corrected chi connectivity index (χ3v) is 3.06. The van der Waals surface area contributed by atoms with Gasteiger partial charge < -0.3 is 15.5 Å². The van der Waals surface area contributed by atoms with E-state index in [4.69, 9.17) is 10.2 Å². The first kappa shape index (κ1) is 15.7. The highest BCUT2D eigenvalue weighted by atomic mass is 16.3. The molecule has 0 atom stereocenters. The molecule has 0 fully saturated rings. The maximum absolute atomic E-state index is 11.8. The van der Waals surface area contributed by atoms with Gasteiger partial charge in [-0.3, -0.25) is 4.79 Å². The molecule has 4 nitrogen and oxygen atoms in total. The van der Waals surface area contributed by atoms with Crippen LogP contribution in [0.25, 0.3) is 0 Å². The summed E-state index contributed by atoms with van der Waals surface area (Å²) in [5, 5.41) is 20.9. The van der Waals surface area contributed by atoms with Crippen LogP contribution in [0.1, 0.15) is 30.0 Å². The van der Waals surface area contributed by atoms with E-state index in [0.29, 0.717) is 12.8 Å². The molecule has 3 N–H and O–H groups in total. The molecule has 0 aliphatic rings. The number of hydrogen-bond acceptors (Lipinski definition) is 3. The van der Waals surface area contributed by atoms with Gasteiger partial charge in [0, 0.05) is 6.42 Å². The smallest absolute Gasteiger partial charge is 0.220 e. The van der Waals surface area contributed by atoms with Crippen molar-refractivity contribution in [1.29, 1.82) is 0 Å². The van der Waals surface area contributed by atoms with Gasteiger partial charge in [0.15, 0.2) is 0 Å². The van der Waals surface area contributed by atoms with E-state index < -0.39 is 5.54 Å². The number of nitrogens with one attached hydrogen (secondary N) is 1. The molecule has 1 amide bonds. The molecular weight excluding hydrogens is 242 g/mol. The molecule has 0 bridgehead atoms. The molecule has 0 unspecified atom stereocenters. The second kappa shape index (κ2) is 6.68. The van der Waals surface area contributed by atoms with Crippen molar-refractivity contribution in [2.75, 3.05) is 13.2 Å². The molecule has 0 radical (unpaired) electrons. The van der Waals surface area contributed by atoms with E-state index in [1.807, 2.05) is 13.8 Å². The Hall–Kier alpha value is -1.39. The highest BCUT2D eigenvalue weighted by molar-refractivity contribution is 5.77. The number of aliphatic hydroxyl groups is 2. The predicted octanol–water partition coefficient (Wildman–Crippen LogP) is 1.10. The minimum absolute atomic E-state index is 0.162. The highest BCUT2D eigenvalue weighted by Gasteiger charge is 2.24. The Bertz CT molecular complexity index is 419. The van der Waals surface area contributed by atoms with Crippen LogP contribution in [-0.4, -0.2) is 34.9 Å². The van der Waals surface area contributed by atoms with Crippen molar-refractivity contribution in [3.63, 3.8) is 0 Å². The Balaban J connectivity index is 2.54. The van der Waals surface area contributed by atoms with Crippen LogP contribution in [0.4, 0.5) is 0 Å². The van der Waals surface area contributed by atoms with Gasteiger partial charge in [-0.05, 0) is 32.8 Å². The molecule has 0 spiro atoms. The van der Waals surface area contributed by atoms with E-state index in [2.05, 4.69) is 23.5 Å². The molecule has 0 saturated heterocycles. The summed E-state index contributed by atoms with van der Waals surface area (Å²) >= 11 is 0. The first-order valence-corrected chi connectivity index (χ1v) is 6.48. The number of rotatable bonds is 6. The lowest BCUT2D eigenvalue weighted by molar-refractivity contribution is -0.124. The molecule has 0 heterocycles. The highest BCUT2D eigenvalue weighted by Crippen LogP contribution is 2.11. The van der Waals surface area contributed by atoms with E-state index in [9.17, 15) is 4.79 Å². The van der Waals surface area contributed by atoms with Crippen LogP contribution in [-0.2, 0) is 11.2 Å². The first-order valence-electron chi connectivity index (χ1n) is 6.48.